The molecular weight excluding hydrogens is 630 g/mol. The molecule has 0 aliphatic carbocycles. The number of esters is 1. The molecule has 17 nitrogen and oxygen atoms in total. The Morgan fingerprint density at radius 1 is 1.20 bits per heavy atom. The van der Waals surface area contributed by atoms with Gasteiger partial charge in [-0.3, -0.25) is 23.8 Å². The third-order valence-electron chi connectivity index (χ3n) is 6.36. The summed E-state index contributed by atoms with van der Waals surface area (Å²) in [6, 6.07) is 4.04. The number of carbonyl (C=O) groups excluding carboxylic acids is 3. The number of hydrogen-bond donors (Lipinski definition) is 5. The van der Waals surface area contributed by atoms with Gasteiger partial charge in [-0.1, -0.05) is 12.1 Å². The van der Waals surface area contributed by atoms with Crippen molar-refractivity contribution in [2.45, 2.75) is 42.7 Å². The van der Waals surface area contributed by atoms with Crippen LogP contribution in [0, 0.1) is 0 Å². The van der Waals surface area contributed by atoms with Crippen molar-refractivity contribution < 1.29 is 65.5 Å². The topological polar surface area (TPSA) is 258 Å². The normalized spacial score (nSPS) is 21.2. The van der Waals surface area contributed by atoms with Gasteiger partial charge in [0.2, 0.25) is 12.2 Å². The molecule has 3 rings (SSSR count). The second kappa shape index (κ2) is 14.2. The number of fused-ring (bicyclic) bond motifs is 1. The van der Waals surface area contributed by atoms with E-state index in [4.69, 9.17) is 29.6 Å². The molecule has 4 atom stereocenters. The summed E-state index contributed by atoms with van der Waals surface area (Å²) in [5.74, 6) is -5.51. The van der Waals surface area contributed by atoms with Crippen molar-refractivity contribution >= 4 is 58.0 Å². The number of nitrogens with one attached hydrogen (secondary N) is 1. The van der Waals surface area contributed by atoms with Crippen LogP contribution in [0.15, 0.2) is 41.6 Å². The zero-order valence-corrected chi connectivity index (χ0v) is 24.8. The van der Waals surface area contributed by atoms with Crippen molar-refractivity contribution in [2.75, 3.05) is 20.0 Å². The van der Waals surface area contributed by atoms with E-state index in [0.717, 1.165) is 37.0 Å². The van der Waals surface area contributed by atoms with Crippen LogP contribution in [-0.4, -0.2) is 101 Å². The van der Waals surface area contributed by atoms with Gasteiger partial charge in [0.1, 0.15) is 22.9 Å². The van der Waals surface area contributed by atoms with Gasteiger partial charge in [-0.15, -0.1) is 11.8 Å². The number of carboxylic acid groups (broad SMARTS) is 2. The lowest BCUT2D eigenvalue weighted by atomic mass is 9.97. The van der Waals surface area contributed by atoms with Gasteiger partial charge in [0.15, 0.2) is 0 Å². The van der Waals surface area contributed by atoms with Crippen molar-refractivity contribution in [3.63, 3.8) is 0 Å². The van der Waals surface area contributed by atoms with Gasteiger partial charge in [0, 0.05) is 38.0 Å². The number of methoxy groups -OCH3 is 2. The van der Waals surface area contributed by atoms with Crippen molar-refractivity contribution in [3.8, 4) is 5.75 Å². The zero-order chi connectivity index (χ0) is 32.8. The van der Waals surface area contributed by atoms with E-state index in [-0.39, 0.29) is 36.3 Å². The maximum atomic E-state index is 13.3. The molecule has 2 aliphatic rings. The monoisotopic (exact) mass is 659 g/mol. The maximum absolute atomic E-state index is 13.3. The summed E-state index contributed by atoms with van der Waals surface area (Å²) in [5, 5.41) is 20.3. The van der Waals surface area contributed by atoms with Crippen LogP contribution in [0.4, 0.5) is 0 Å². The lowest BCUT2D eigenvalue weighted by Gasteiger charge is -2.56. The summed E-state index contributed by atoms with van der Waals surface area (Å²) >= 11 is 1.02. The molecule has 19 heteroatoms. The Balaban J connectivity index is 1.72. The SMILES string of the molecule is COC(OC(=O)C=Cc1ccc(OS(=O)(=O)O)cc1)C1=C(C(=O)O)N2C(=O)C(NC(=O)CCCC(N)C(=O)O)(OC)[C@@H]2SC1. The average Bonchev–Trinajstić information content (AvgIpc) is 2.96. The number of nitrogens with zero attached hydrogens (tertiary/aromatic N) is 1. The molecule has 0 aromatic heterocycles. The van der Waals surface area contributed by atoms with Crippen LogP contribution >= 0.6 is 11.8 Å². The van der Waals surface area contributed by atoms with Crippen molar-refractivity contribution in [3.05, 3.63) is 47.2 Å². The third-order valence-corrected chi connectivity index (χ3v) is 8.10. The molecule has 6 N–H and O–H groups in total. The molecule has 0 radical (unpaired) electrons. The smallest absolute Gasteiger partial charge is 0.446 e. The Hall–Kier alpha value is -4.01. The van der Waals surface area contributed by atoms with Crippen molar-refractivity contribution in [1.82, 2.24) is 10.2 Å². The summed E-state index contributed by atoms with van der Waals surface area (Å²) in [7, 11) is -2.38. The number of thioether (sulfide) groups is 1. The number of β-lactam (4-membered cyclic amide) rings is 1. The highest BCUT2D eigenvalue weighted by atomic mass is 32.3. The minimum atomic E-state index is -4.71. The van der Waals surface area contributed by atoms with E-state index in [1.54, 1.807) is 0 Å². The molecule has 2 heterocycles. The van der Waals surface area contributed by atoms with Crippen LogP contribution in [0.2, 0.25) is 0 Å². The summed E-state index contributed by atoms with van der Waals surface area (Å²) in [4.78, 5) is 62.4. The highest BCUT2D eigenvalue weighted by Crippen LogP contribution is 2.47. The predicted molar refractivity (Wildman–Crippen MR) is 150 cm³/mol. The fourth-order valence-corrected chi connectivity index (χ4v) is 6.09. The molecule has 44 heavy (non-hydrogen) atoms. The van der Waals surface area contributed by atoms with Crippen LogP contribution in [0.25, 0.3) is 6.08 Å². The Bertz CT molecular complexity index is 1480. The second-order valence-corrected chi connectivity index (χ2v) is 11.4. The number of carboxylic acids is 2. The summed E-state index contributed by atoms with van der Waals surface area (Å²) < 4.78 is 50.5. The van der Waals surface area contributed by atoms with Gasteiger partial charge in [-0.05, 0) is 36.6 Å². The van der Waals surface area contributed by atoms with E-state index >= 15 is 0 Å². The number of carbonyl (C=O) groups is 5. The molecule has 3 unspecified atom stereocenters. The number of aliphatic carboxylic acids is 2. The van der Waals surface area contributed by atoms with Crippen LogP contribution < -0.4 is 15.2 Å². The van der Waals surface area contributed by atoms with Crippen molar-refractivity contribution in [2.24, 2.45) is 5.73 Å². The first kappa shape index (κ1) is 34.5. The first-order valence-electron chi connectivity index (χ1n) is 12.6. The fourth-order valence-electron chi connectivity index (χ4n) is 4.29. The van der Waals surface area contributed by atoms with Crippen LogP contribution in [0.5, 0.6) is 5.75 Å². The van der Waals surface area contributed by atoms with E-state index in [0.29, 0.717) is 5.56 Å². The first-order chi connectivity index (χ1) is 20.6. The summed E-state index contributed by atoms with van der Waals surface area (Å²) in [5.41, 5.74) is 3.38. The lowest BCUT2D eigenvalue weighted by Crippen LogP contribution is -2.80. The number of rotatable bonds is 15. The molecule has 240 valence electrons. The Morgan fingerprint density at radius 2 is 1.86 bits per heavy atom. The third kappa shape index (κ3) is 7.92. The minimum Gasteiger partial charge on any atom is -0.480 e. The minimum absolute atomic E-state index is 0.0147. The van der Waals surface area contributed by atoms with Crippen LogP contribution in [0.3, 0.4) is 0 Å². The van der Waals surface area contributed by atoms with Crippen LogP contribution in [-0.2, 0) is 48.6 Å². The van der Waals surface area contributed by atoms with Gasteiger partial charge < -0.3 is 39.7 Å². The number of ether oxygens (including phenoxy) is 3. The summed E-state index contributed by atoms with van der Waals surface area (Å²) in [6.07, 6.45) is 0.739. The first-order valence-corrected chi connectivity index (χ1v) is 15.0. The second-order valence-electron chi connectivity index (χ2n) is 9.26. The van der Waals surface area contributed by atoms with Gasteiger partial charge in [-0.2, -0.15) is 8.42 Å². The van der Waals surface area contributed by atoms with E-state index in [1.165, 1.54) is 30.3 Å². The highest BCUT2D eigenvalue weighted by molar-refractivity contribution is 8.00. The standard InChI is InChI=1S/C25H29N3O14S2/c1-39-22(41-18(30)11-8-13-6-9-14(10-7-13)42-44(36,37)38)15-12-43-24-25(40-2,23(35)28(24)19(15)21(33)34)27-17(29)5-3-4-16(26)20(31)32/h6-11,16,22,24H,3-5,12,26H2,1-2H3,(H,27,29)(H,31,32)(H,33,34)(H,36,37,38)/t16?,22?,24-,25?/m0/s1. The zero-order valence-electron chi connectivity index (χ0n) is 23.2. The molecule has 1 aromatic carbocycles. The predicted octanol–water partition coefficient (Wildman–Crippen LogP) is -0.308. The van der Waals surface area contributed by atoms with Crippen molar-refractivity contribution in [1.29, 1.82) is 0 Å². The Morgan fingerprint density at radius 3 is 2.41 bits per heavy atom. The maximum Gasteiger partial charge on any atom is 0.446 e. The van der Waals surface area contributed by atoms with E-state index in [1.807, 2.05) is 0 Å². The van der Waals surface area contributed by atoms with E-state index in [2.05, 4.69) is 9.50 Å². The largest absolute Gasteiger partial charge is 0.480 e. The lowest BCUT2D eigenvalue weighted by molar-refractivity contribution is -0.193. The van der Waals surface area contributed by atoms with E-state index in [9.17, 15) is 37.5 Å². The fraction of sp³-hybridized carbons (Fsp3) is 0.400. The number of amides is 2. The summed E-state index contributed by atoms with van der Waals surface area (Å²) in [6.45, 7) is 0. The van der Waals surface area contributed by atoms with Gasteiger partial charge in [0.05, 0.1) is 0 Å². The van der Waals surface area contributed by atoms with Gasteiger partial charge in [-0.25, -0.2) is 9.59 Å². The molecule has 2 aliphatic heterocycles. The average molecular weight is 660 g/mol. The highest BCUT2D eigenvalue weighted by Gasteiger charge is 2.67. The number of hydrogen-bond acceptors (Lipinski definition) is 13. The quantitative estimate of drug-likeness (QED) is 0.0532. The molecule has 1 saturated heterocycles. The van der Waals surface area contributed by atoms with Gasteiger partial charge in [0.25, 0.3) is 11.6 Å². The Labute approximate surface area is 254 Å². The molecule has 2 amide bonds. The van der Waals surface area contributed by atoms with Gasteiger partial charge >= 0.3 is 28.3 Å². The number of benzene rings is 1. The molecule has 1 fully saturated rings. The Kier molecular flexibility index (Phi) is 11.1. The molecular formula is C25H29N3O14S2. The van der Waals surface area contributed by atoms with E-state index < -0.39 is 69.2 Å². The molecule has 0 spiro atoms. The van der Waals surface area contributed by atoms with Crippen LogP contribution in [0.1, 0.15) is 24.8 Å². The molecule has 0 saturated carbocycles. The number of nitrogens with two attached hydrogens (primary N) is 1. The molecule has 1 aromatic rings. The molecule has 0 bridgehead atoms.